The maximum Gasteiger partial charge on any atom is 0.0946 e. The fraction of sp³-hybridized carbons (Fsp3) is 0.786. The maximum absolute atomic E-state index is 4.64. The van der Waals surface area contributed by atoms with Gasteiger partial charge in [-0.15, -0.1) is 11.3 Å². The van der Waals surface area contributed by atoms with Crippen LogP contribution in [-0.4, -0.2) is 17.1 Å². The summed E-state index contributed by atoms with van der Waals surface area (Å²) in [6.07, 6.45) is 6.45. The second-order valence-corrected chi connectivity index (χ2v) is 6.55. The van der Waals surface area contributed by atoms with Gasteiger partial charge in [0.25, 0.3) is 0 Å². The van der Waals surface area contributed by atoms with Gasteiger partial charge in [-0.3, -0.25) is 0 Å². The summed E-state index contributed by atoms with van der Waals surface area (Å²) in [7, 11) is 0. The molecule has 0 aliphatic carbocycles. The van der Waals surface area contributed by atoms with Crippen LogP contribution < -0.4 is 5.32 Å². The second-order valence-electron chi connectivity index (χ2n) is 5.61. The van der Waals surface area contributed by atoms with Gasteiger partial charge in [0, 0.05) is 23.0 Å². The van der Waals surface area contributed by atoms with Crippen molar-refractivity contribution in [3.8, 4) is 0 Å². The van der Waals surface area contributed by atoms with Crippen LogP contribution in [0.25, 0.3) is 0 Å². The molecule has 1 N–H and O–H groups in total. The van der Waals surface area contributed by atoms with Crippen molar-refractivity contribution in [2.24, 2.45) is 5.92 Å². The predicted molar refractivity (Wildman–Crippen MR) is 74.6 cm³/mol. The number of nitrogens with one attached hydrogen (secondary N) is 1. The van der Waals surface area contributed by atoms with Gasteiger partial charge in [-0.1, -0.05) is 26.7 Å². The molecule has 0 aromatic carbocycles. The normalized spacial score (nSPS) is 26.1. The van der Waals surface area contributed by atoms with Crippen molar-refractivity contribution in [3.05, 3.63) is 16.1 Å². The Labute approximate surface area is 109 Å². The first-order valence-corrected chi connectivity index (χ1v) is 7.66. The van der Waals surface area contributed by atoms with E-state index < -0.39 is 0 Å². The Balaban J connectivity index is 2.15. The Bertz CT molecular complexity index is 349. The van der Waals surface area contributed by atoms with E-state index in [1.54, 1.807) is 0 Å². The third-order valence-corrected chi connectivity index (χ3v) is 4.98. The van der Waals surface area contributed by atoms with E-state index in [-0.39, 0.29) is 5.54 Å². The number of hydrogen-bond acceptors (Lipinski definition) is 3. The summed E-state index contributed by atoms with van der Waals surface area (Å²) in [6.45, 7) is 7.95. The van der Waals surface area contributed by atoms with Crippen molar-refractivity contribution >= 4 is 11.3 Å². The fourth-order valence-corrected chi connectivity index (χ4v) is 3.67. The fourth-order valence-electron chi connectivity index (χ4n) is 2.77. The minimum atomic E-state index is 0.279. The molecule has 2 nitrogen and oxygen atoms in total. The molecule has 1 aliphatic rings. The second kappa shape index (κ2) is 5.49. The van der Waals surface area contributed by atoms with E-state index in [2.05, 4.69) is 36.5 Å². The molecule has 0 spiro atoms. The lowest BCUT2D eigenvalue weighted by atomic mass is 9.80. The quantitative estimate of drug-likeness (QED) is 0.890. The number of rotatable bonds is 3. The van der Waals surface area contributed by atoms with Gasteiger partial charge in [0.2, 0.25) is 0 Å². The van der Waals surface area contributed by atoms with Crippen LogP contribution in [0.1, 0.15) is 50.2 Å². The molecule has 1 unspecified atom stereocenters. The first kappa shape index (κ1) is 13.0. The molecule has 1 aliphatic heterocycles. The lowest BCUT2D eigenvalue weighted by molar-refractivity contribution is 0.225. The van der Waals surface area contributed by atoms with E-state index in [0.29, 0.717) is 5.92 Å². The Kier molecular flexibility index (Phi) is 4.21. The Morgan fingerprint density at radius 2 is 2.24 bits per heavy atom. The van der Waals surface area contributed by atoms with Crippen molar-refractivity contribution in [3.63, 3.8) is 0 Å². The van der Waals surface area contributed by atoms with E-state index in [1.165, 1.54) is 37.2 Å². The van der Waals surface area contributed by atoms with Crippen molar-refractivity contribution in [2.45, 2.75) is 58.4 Å². The highest BCUT2D eigenvalue weighted by atomic mass is 32.1. The van der Waals surface area contributed by atoms with Gasteiger partial charge >= 0.3 is 0 Å². The Morgan fingerprint density at radius 1 is 1.41 bits per heavy atom. The zero-order chi connectivity index (χ0) is 12.3. The molecule has 1 aromatic rings. The molecule has 2 heterocycles. The summed E-state index contributed by atoms with van der Waals surface area (Å²) in [6, 6.07) is 0. The summed E-state index contributed by atoms with van der Waals surface area (Å²) in [4.78, 5) is 4.64. The van der Waals surface area contributed by atoms with Crippen LogP contribution in [0.2, 0.25) is 0 Å². The summed E-state index contributed by atoms with van der Waals surface area (Å²) < 4.78 is 0. The topological polar surface area (TPSA) is 24.9 Å². The van der Waals surface area contributed by atoms with Gasteiger partial charge < -0.3 is 5.32 Å². The van der Waals surface area contributed by atoms with E-state index in [1.807, 2.05) is 11.3 Å². The van der Waals surface area contributed by atoms with Crippen LogP contribution in [0.15, 0.2) is 5.38 Å². The molecule has 3 heteroatoms. The predicted octanol–water partition coefficient (Wildman–Crippen LogP) is 3.55. The van der Waals surface area contributed by atoms with E-state index in [9.17, 15) is 0 Å². The Morgan fingerprint density at radius 3 is 2.88 bits per heavy atom. The van der Waals surface area contributed by atoms with Crippen LogP contribution in [0, 0.1) is 12.8 Å². The largest absolute Gasteiger partial charge is 0.311 e. The average molecular weight is 252 g/mol. The van der Waals surface area contributed by atoms with Gasteiger partial charge in [0.05, 0.1) is 5.01 Å². The number of hydrogen-bond donors (Lipinski definition) is 1. The number of aryl methyl sites for hydroxylation is 1. The first-order chi connectivity index (χ1) is 8.12. The van der Waals surface area contributed by atoms with E-state index in [0.717, 1.165) is 12.1 Å². The monoisotopic (exact) mass is 252 g/mol. The molecule has 0 amide bonds. The molecule has 1 saturated heterocycles. The first-order valence-electron chi connectivity index (χ1n) is 6.78. The van der Waals surface area contributed by atoms with Gasteiger partial charge in [0.15, 0.2) is 0 Å². The van der Waals surface area contributed by atoms with Crippen molar-refractivity contribution < 1.29 is 0 Å². The van der Waals surface area contributed by atoms with Crippen LogP contribution in [0.4, 0.5) is 0 Å². The minimum Gasteiger partial charge on any atom is -0.311 e. The molecule has 96 valence electrons. The van der Waals surface area contributed by atoms with Gasteiger partial charge in [-0.25, -0.2) is 4.98 Å². The molecule has 0 saturated carbocycles. The van der Waals surface area contributed by atoms with Crippen molar-refractivity contribution in [1.29, 1.82) is 0 Å². The maximum atomic E-state index is 4.64. The summed E-state index contributed by atoms with van der Waals surface area (Å²) in [5, 5.41) is 7.28. The number of nitrogens with zero attached hydrogens (tertiary/aromatic N) is 1. The van der Waals surface area contributed by atoms with E-state index >= 15 is 0 Å². The van der Waals surface area contributed by atoms with Crippen LogP contribution >= 0.6 is 11.3 Å². The molecule has 1 fully saturated rings. The summed E-state index contributed by atoms with van der Waals surface area (Å²) >= 11 is 1.81. The third-order valence-electron chi connectivity index (χ3n) is 4.02. The van der Waals surface area contributed by atoms with Gasteiger partial charge in [0.1, 0.15) is 0 Å². The highest BCUT2D eigenvalue weighted by Crippen LogP contribution is 2.31. The molecular weight excluding hydrogens is 228 g/mol. The lowest BCUT2D eigenvalue weighted by Crippen LogP contribution is -2.50. The molecule has 0 bridgehead atoms. The van der Waals surface area contributed by atoms with Gasteiger partial charge in [-0.05, 0) is 32.2 Å². The van der Waals surface area contributed by atoms with Crippen LogP contribution in [0.5, 0.6) is 0 Å². The molecule has 1 atom stereocenters. The molecule has 2 rings (SSSR count). The van der Waals surface area contributed by atoms with E-state index in [4.69, 9.17) is 0 Å². The lowest BCUT2D eigenvalue weighted by Gasteiger charge is -2.37. The zero-order valence-corrected chi connectivity index (χ0v) is 12.1. The summed E-state index contributed by atoms with van der Waals surface area (Å²) in [5.41, 5.74) is 1.44. The standard InChI is InChI=1S/C14H24N2S/c1-11(2)14(7-5-4-6-8-15-14)9-13-16-12(3)10-17-13/h10-11,15H,4-9H2,1-3H3. The highest BCUT2D eigenvalue weighted by Gasteiger charge is 2.34. The SMILES string of the molecule is Cc1csc(CC2(C(C)C)CCCCCN2)n1. The Hall–Kier alpha value is -0.410. The number of aromatic nitrogens is 1. The molecular formula is C14H24N2S. The molecule has 1 aromatic heterocycles. The zero-order valence-electron chi connectivity index (χ0n) is 11.3. The smallest absolute Gasteiger partial charge is 0.0946 e. The van der Waals surface area contributed by atoms with Crippen LogP contribution in [-0.2, 0) is 6.42 Å². The summed E-state index contributed by atoms with van der Waals surface area (Å²) in [5.74, 6) is 0.671. The van der Waals surface area contributed by atoms with Gasteiger partial charge in [-0.2, -0.15) is 0 Å². The van der Waals surface area contributed by atoms with Crippen molar-refractivity contribution in [1.82, 2.24) is 10.3 Å². The highest BCUT2D eigenvalue weighted by molar-refractivity contribution is 7.09. The third kappa shape index (κ3) is 3.08. The molecule has 0 radical (unpaired) electrons. The minimum absolute atomic E-state index is 0.279. The average Bonchev–Trinajstić information content (AvgIpc) is 2.54. The molecule has 17 heavy (non-hydrogen) atoms. The number of thiazole rings is 1. The van der Waals surface area contributed by atoms with Crippen molar-refractivity contribution in [2.75, 3.05) is 6.54 Å². The van der Waals surface area contributed by atoms with Crippen LogP contribution in [0.3, 0.4) is 0 Å².